The highest BCUT2D eigenvalue weighted by molar-refractivity contribution is 5.95. The van der Waals surface area contributed by atoms with Crippen LogP contribution < -0.4 is 10.6 Å². The zero-order valence-corrected chi connectivity index (χ0v) is 12.5. The number of hydrogen-bond acceptors (Lipinski definition) is 3. The molecule has 0 aromatic heterocycles. The standard InChI is InChI=1S/C16H20N2O3/c1-4-11-6-8-12(9-7-11)14-13(15(19)21-5-2)10(3)17-16(20)18-14/h6-9,14H,4-5H2,1-3H3,(H2,17,18,20). The van der Waals surface area contributed by atoms with Crippen molar-refractivity contribution in [2.45, 2.75) is 33.2 Å². The van der Waals surface area contributed by atoms with Crippen molar-refractivity contribution in [3.05, 3.63) is 46.7 Å². The van der Waals surface area contributed by atoms with E-state index in [0.29, 0.717) is 17.9 Å². The smallest absolute Gasteiger partial charge is 0.338 e. The average Bonchev–Trinajstić information content (AvgIpc) is 2.46. The van der Waals surface area contributed by atoms with Crippen LogP contribution in [0.2, 0.25) is 0 Å². The third-order valence-electron chi connectivity index (χ3n) is 3.49. The van der Waals surface area contributed by atoms with Gasteiger partial charge in [-0.15, -0.1) is 0 Å². The second-order valence-corrected chi connectivity index (χ2v) is 4.89. The largest absolute Gasteiger partial charge is 0.463 e. The van der Waals surface area contributed by atoms with Crippen LogP contribution in [0.4, 0.5) is 4.79 Å². The highest BCUT2D eigenvalue weighted by atomic mass is 16.5. The van der Waals surface area contributed by atoms with Crippen molar-refractivity contribution in [1.29, 1.82) is 0 Å². The molecule has 1 atom stereocenters. The molecule has 0 bridgehead atoms. The predicted octanol–water partition coefficient (Wildman–Crippen LogP) is 2.44. The van der Waals surface area contributed by atoms with Crippen molar-refractivity contribution in [3.63, 3.8) is 0 Å². The van der Waals surface area contributed by atoms with E-state index in [4.69, 9.17) is 4.74 Å². The Kier molecular flexibility index (Phi) is 4.62. The Labute approximate surface area is 124 Å². The fraction of sp³-hybridized carbons (Fsp3) is 0.375. The predicted molar refractivity (Wildman–Crippen MR) is 79.6 cm³/mol. The molecular weight excluding hydrogens is 268 g/mol. The number of aryl methyl sites for hydroxylation is 1. The van der Waals surface area contributed by atoms with Gasteiger partial charge in [0, 0.05) is 5.70 Å². The quantitative estimate of drug-likeness (QED) is 0.836. The summed E-state index contributed by atoms with van der Waals surface area (Å²) in [5, 5.41) is 5.40. The number of rotatable bonds is 4. The van der Waals surface area contributed by atoms with Crippen LogP contribution in [0.3, 0.4) is 0 Å². The van der Waals surface area contributed by atoms with Crippen molar-refractivity contribution < 1.29 is 14.3 Å². The lowest BCUT2D eigenvalue weighted by Crippen LogP contribution is -2.45. The first-order chi connectivity index (χ1) is 10.1. The molecule has 5 heteroatoms. The van der Waals surface area contributed by atoms with Crippen LogP contribution in [0, 0.1) is 0 Å². The molecule has 2 N–H and O–H groups in total. The van der Waals surface area contributed by atoms with E-state index in [-0.39, 0.29) is 6.03 Å². The van der Waals surface area contributed by atoms with Crippen molar-refractivity contribution in [1.82, 2.24) is 10.6 Å². The number of nitrogens with one attached hydrogen (secondary N) is 2. The maximum Gasteiger partial charge on any atom is 0.338 e. The van der Waals surface area contributed by atoms with E-state index in [2.05, 4.69) is 17.6 Å². The molecule has 0 fully saturated rings. The molecule has 0 radical (unpaired) electrons. The maximum atomic E-state index is 12.2. The zero-order chi connectivity index (χ0) is 15.4. The molecule has 2 rings (SSSR count). The first-order valence-corrected chi connectivity index (χ1v) is 7.11. The minimum Gasteiger partial charge on any atom is -0.463 e. The number of amides is 2. The average molecular weight is 288 g/mol. The van der Waals surface area contributed by atoms with Crippen molar-refractivity contribution in [3.8, 4) is 0 Å². The highest BCUT2D eigenvalue weighted by Gasteiger charge is 2.31. The van der Waals surface area contributed by atoms with Gasteiger partial charge in [-0.1, -0.05) is 31.2 Å². The zero-order valence-electron chi connectivity index (χ0n) is 12.5. The van der Waals surface area contributed by atoms with Gasteiger partial charge < -0.3 is 15.4 Å². The third kappa shape index (κ3) is 3.24. The van der Waals surface area contributed by atoms with Gasteiger partial charge in [0.15, 0.2) is 0 Å². The van der Waals surface area contributed by atoms with Crippen LogP contribution in [0.25, 0.3) is 0 Å². The van der Waals surface area contributed by atoms with Gasteiger partial charge in [-0.05, 0) is 31.4 Å². The van der Waals surface area contributed by atoms with E-state index in [1.54, 1.807) is 13.8 Å². The van der Waals surface area contributed by atoms with Gasteiger partial charge in [0.1, 0.15) is 0 Å². The molecular formula is C16H20N2O3. The van der Waals surface area contributed by atoms with Crippen LogP contribution in [0.15, 0.2) is 35.5 Å². The van der Waals surface area contributed by atoms with Crippen LogP contribution in [0.5, 0.6) is 0 Å². The summed E-state index contributed by atoms with van der Waals surface area (Å²) in [5.41, 5.74) is 3.05. The van der Waals surface area contributed by atoms with E-state index in [1.807, 2.05) is 24.3 Å². The van der Waals surface area contributed by atoms with E-state index in [9.17, 15) is 9.59 Å². The van der Waals surface area contributed by atoms with Crippen molar-refractivity contribution >= 4 is 12.0 Å². The Balaban J connectivity index is 2.39. The van der Waals surface area contributed by atoms with Crippen LogP contribution in [-0.2, 0) is 16.0 Å². The fourth-order valence-corrected chi connectivity index (χ4v) is 2.37. The summed E-state index contributed by atoms with van der Waals surface area (Å²) in [5.74, 6) is -0.410. The lowest BCUT2D eigenvalue weighted by Gasteiger charge is -2.28. The third-order valence-corrected chi connectivity index (χ3v) is 3.49. The molecule has 1 aromatic carbocycles. The molecule has 0 spiro atoms. The SMILES string of the molecule is CCOC(=O)C1=C(C)NC(=O)NC1c1ccc(CC)cc1. The van der Waals surface area contributed by atoms with Crippen LogP contribution >= 0.6 is 0 Å². The molecule has 1 unspecified atom stereocenters. The lowest BCUT2D eigenvalue weighted by atomic mass is 9.94. The minimum atomic E-state index is -0.483. The summed E-state index contributed by atoms with van der Waals surface area (Å²) in [6.07, 6.45) is 0.943. The Morgan fingerprint density at radius 2 is 1.90 bits per heavy atom. The molecule has 1 aromatic rings. The number of ether oxygens (including phenoxy) is 1. The molecule has 1 aliphatic heterocycles. The van der Waals surface area contributed by atoms with Gasteiger partial charge in [0.05, 0.1) is 18.2 Å². The Morgan fingerprint density at radius 1 is 1.24 bits per heavy atom. The first-order valence-electron chi connectivity index (χ1n) is 7.11. The Morgan fingerprint density at radius 3 is 2.48 bits per heavy atom. The summed E-state index contributed by atoms with van der Waals surface area (Å²) in [7, 11) is 0. The van der Waals surface area contributed by atoms with Crippen molar-refractivity contribution in [2.75, 3.05) is 6.61 Å². The number of benzene rings is 1. The Hall–Kier alpha value is -2.30. The van der Waals surface area contributed by atoms with Gasteiger partial charge in [0.2, 0.25) is 0 Å². The second-order valence-electron chi connectivity index (χ2n) is 4.89. The Bertz CT molecular complexity index is 576. The minimum absolute atomic E-state index is 0.297. The van der Waals surface area contributed by atoms with Gasteiger partial charge in [0.25, 0.3) is 0 Å². The summed E-state index contributed by atoms with van der Waals surface area (Å²) in [6, 6.07) is 7.07. The first kappa shape index (κ1) is 15.1. The molecule has 1 aliphatic rings. The number of esters is 1. The van der Waals surface area contributed by atoms with E-state index in [1.165, 1.54) is 5.56 Å². The summed E-state index contributed by atoms with van der Waals surface area (Å²) >= 11 is 0. The number of hydrogen-bond donors (Lipinski definition) is 2. The molecule has 112 valence electrons. The summed E-state index contributed by atoms with van der Waals surface area (Å²) < 4.78 is 5.10. The topological polar surface area (TPSA) is 67.4 Å². The lowest BCUT2D eigenvalue weighted by molar-refractivity contribution is -0.139. The molecule has 21 heavy (non-hydrogen) atoms. The van der Waals surface area contributed by atoms with E-state index in [0.717, 1.165) is 12.0 Å². The van der Waals surface area contributed by atoms with Crippen LogP contribution in [-0.4, -0.2) is 18.6 Å². The molecule has 1 heterocycles. The highest BCUT2D eigenvalue weighted by Crippen LogP contribution is 2.27. The molecule has 0 aliphatic carbocycles. The summed E-state index contributed by atoms with van der Waals surface area (Å²) in [4.78, 5) is 23.8. The van der Waals surface area contributed by atoms with Crippen LogP contribution in [0.1, 0.15) is 37.9 Å². The normalized spacial score (nSPS) is 18.0. The number of allylic oxidation sites excluding steroid dienone is 1. The van der Waals surface area contributed by atoms with Gasteiger partial charge in [-0.2, -0.15) is 0 Å². The molecule has 2 amide bonds. The van der Waals surface area contributed by atoms with Gasteiger partial charge in [-0.25, -0.2) is 9.59 Å². The number of carbonyl (C=O) groups excluding carboxylic acids is 2. The van der Waals surface area contributed by atoms with Gasteiger partial charge in [-0.3, -0.25) is 0 Å². The number of carbonyl (C=O) groups is 2. The molecule has 5 nitrogen and oxygen atoms in total. The fourth-order valence-electron chi connectivity index (χ4n) is 2.37. The monoisotopic (exact) mass is 288 g/mol. The van der Waals surface area contributed by atoms with Crippen molar-refractivity contribution in [2.24, 2.45) is 0 Å². The maximum absolute atomic E-state index is 12.2. The van der Waals surface area contributed by atoms with E-state index >= 15 is 0 Å². The number of urea groups is 1. The summed E-state index contributed by atoms with van der Waals surface area (Å²) in [6.45, 7) is 5.84. The second kappa shape index (κ2) is 6.43. The van der Waals surface area contributed by atoms with Gasteiger partial charge >= 0.3 is 12.0 Å². The molecule has 0 saturated carbocycles. The van der Waals surface area contributed by atoms with E-state index < -0.39 is 12.0 Å². The molecule has 0 saturated heterocycles.